The number of likely N-dealkylation sites (N-methyl/N-ethyl adjacent to an activating group) is 1. The highest BCUT2D eigenvalue weighted by Crippen LogP contribution is 2.27. The Morgan fingerprint density at radius 1 is 1.35 bits per heavy atom. The number of rotatable bonds is 6. The Kier molecular flexibility index (Phi) is 5.79. The third kappa shape index (κ3) is 4.21. The van der Waals surface area contributed by atoms with Gasteiger partial charge in [0.15, 0.2) is 0 Å². The molecule has 0 N–H and O–H groups in total. The third-order valence-corrected chi connectivity index (χ3v) is 3.31. The number of alkyl halides is 1. The van der Waals surface area contributed by atoms with E-state index in [1.807, 2.05) is 7.05 Å². The molecule has 0 saturated carbocycles. The van der Waals surface area contributed by atoms with E-state index in [1.165, 1.54) is 11.1 Å². The topological polar surface area (TPSA) is 12.5 Å². The number of benzene rings is 1. The van der Waals surface area contributed by atoms with Crippen LogP contribution >= 0.6 is 11.6 Å². The molecule has 0 spiro atoms. The van der Waals surface area contributed by atoms with E-state index in [9.17, 15) is 0 Å². The molecular weight excluding hydrogens is 234 g/mol. The highest BCUT2D eigenvalue weighted by atomic mass is 35.5. The summed E-state index contributed by atoms with van der Waals surface area (Å²) in [7, 11) is 3.75. The van der Waals surface area contributed by atoms with Crippen LogP contribution in [0.5, 0.6) is 5.75 Å². The minimum atomic E-state index is 0.482. The summed E-state index contributed by atoms with van der Waals surface area (Å²) in [6, 6.07) is 7.01. The zero-order valence-corrected chi connectivity index (χ0v) is 11.9. The van der Waals surface area contributed by atoms with Gasteiger partial charge in [-0.05, 0) is 36.6 Å². The van der Waals surface area contributed by atoms with Gasteiger partial charge < -0.3 is 4.74 Å². The summed E-state index contributed by atoms with van der Waals surface area (Å²) in [6.45, 7) is 5.35. The van der Waals surface area contributed by atoms with E-state index in [0.717, 1.165) is 18.7 Å². The van der Waals surface area contributed by atoms with E-state index >= 15 is 0 Å². The molecule has 0 atom stereocenters. The molecule has 96 valence electrons. The number of hydrogen-bond donors (Lipinski definition) is 0. The fourth-order valence-electron chi connectivity index (χ4n) is 1.77. The van der Waals surface area contributed by atoms with E-state index in [2.05, 4.69) is 36.9 Å². The van der Waals surface area contributed by atoms with E-state index in [4.69, 9.17) is 16.3 Å². The van der Waals surface area contributed by atoms with Crippen molar-refractivity contribution in [1.29, 1.82) is 0 Å². The second-order valence-electron chi connectivity index (χ2n) is 4.68. The average Bonchev–Trinajstić information content (AvgIpc) is 2.35. The Hall–Kier alpha value is -0.730. The lowest BCUT2D eigenvalue weighted by Gasteiger charge is -2.15. The van der Waals surface area contributed by atoms with Gasteiger partial charge in [-0.1, -0.05) is 26.0 Å². The number of hydrogen-bond acceptors (Lipinski definition) is 2. The van der Waals surface area contributed by atoms with E-state index in [0.29, 0.717) is 11.9 Å². The van der Waals surface area contributed by atoms with E-state index in [-0.39, 0.29) is 0 Å². The summed E-state index contributed by atoms with van der Waals surface area (Å²) in [4.78, 5) is 2.10. The first-order valence-electron chi connectivity index (χ1n) is 5.99. The van der Waals surface area contributed by atoms with Crippen LogP contribution in [0.1, 0.15) is 30.9 Å². The predicted octanol–water partition coefficient (Wildman–Crippen LogP) is 3.49. The highest BCUT2D eigenvalue weighted by molar-refractivity contribution is 6.17. The Labute approximate surface area is 110 Å². The standard InChI is InChI=1S/C14H22ClNO/c1-11(2)13-9-12(5-6-14(13)17-4)7-8-16(3)10-15/h5-6,9,11H,7-8,10H2,1-4H3. The molecule has 0 unspecified atom stereocenters. The normalized spacial score (nSPS) is 11.2. The maximum absolute atomic E-state index is 5.75. The molecule has 1 aromatic carbocycles. The molecule has 0 fully saturated rings. The molecule has 2 nitrogen and oxygen atoms in total. The Balaban J connectivity index is 2.78. The monoisotopic (exact) mass is 255 g/mol. The third-order valence-electron chi connectivity index (χ3n) is 2.90. The predicted molar refractivity (Wildman–Crippen MR) is 74.1 cm³/mol. The van der Waals surface area contributed by atoms with Gasteiger partial charge in [0, 0.05) is 6.54 Å². The second-order valence-corrected chi connectivity index (χ2v) is 4.92. The van der Waals surface area contributed by atoms with Crippen LogP contribution in [0.4, 0.5) is 0 Å². The molecule has 0 aliphatic rings. The van der Waals surface area contributed by atoms with Crippen molar-refractivity contribution in [1.82, 2.24) is 4.90 Å². The van der Waals surface area contributed by atoms with E-state index < -0.39 is 0 Å². The molecule has 0 heterocycles. The Morgan fingerprint density at radius 3 is 2.59 bits per heavy atom. The maximum Gasteiger partial charge on any atom is 0.122 e. The first-order valence-corrected chi connectivity index (χ1v) is 6.53. The van der Waals surface area contributed by atoms with Gasteiger partial charge in [0.2, 0.25) is 0 Å². The summed E-state index contributed by atoms with van der Waals surface area (Å²) in [5, 5.41) is 0. The second kappa shape index (κ2) is 6.87. The van der Waals surface area contributed by atoms with Gasteiger partial charge in [-0.15, -0.1) is 11.6 Å². The summed E-state index contributed by atoms with van der Waals surface area (Å²) in [6.07, 6.45) is 1.02. The van der Waals surface area contributed by atoms with E-state index in [1.54, 1.807) is 7.11 Å². The first kappa shape index (κ1) is 14.3. The lowest BCUT2D eigenvalue weighted by Crippen LogP contribution is -2.19. The highest BCUT2D eigenvalue weighted by Gasteiger charge is 2.08. The van der Waals surface area contributed by atoms with Crippen LogP contribution in [0, 0.1) is 0 Å². The summed E-state index contributed by atoms with van der Waals surface area (Å²) in [5.41, 5.74) is 2.62. The van der Waals surface area contributed by atoms with Crippen molar-refractivity contribution in [2.45, 2.75) is 26.2 Å². The van der Waals surface area contributed by atoms with Crippen LogP contribution in [0.15, 0.2) is 18.2 Å². The fraction of sp³-hybridized carbons (Fsp3) is 0.571. The number of ether oxygens (including phenoxy) is 1. The molecule has 0 aliphatic carbocycles. The first-order chi connectivity index (χ1) is 8.08. The lowest BCUT2D eigenvalue weighted by atomic mass is 9.98. The Bertz CT molecular complexity index is 352. The molecule has 0 saturated heterocycles. The van der Waals surface area contributed by atoms with Gasteiger partial charge in [0.05, 0.1) is 13.1 Å². The SMILES string of the molecule is COc1ccc(CCN(C)CCl)cc1C(C)C. The Morgan fingerprint density at radius 2 is 2.06 bits per heavy atom. The molecule has 0 aromatic heterocycles. The van der Waals surface area contributed by atoms with Crippen LogP contribution in [-0.2, 0) is 6.42 Å². The fourth-order valence-corrected chi connectivity index (χ4v) is 1.89. The van der Waals surface area contributed by atoms with Crippen molar-refractivity contribution >= 4 is 11.6 Å². The number of halogens is 1. The van der Waals surface area contributed by atoms with Crippen molar-refractivity contribution < 1.29 is 4.74 Å². The smallest absolute Gasteiger partial charge is 0.122 e. The molecule has 1 rings (SSSR count). The molecule has 0 radical (unpaired) electrons. The number of methoxy groups -OCH3 is 1. The lowest BCUT2D eigenvalue weighted by molar-refractivity contribution is 0.393. The molecular formula is C14H22ClNO. The summed E-state index contributed by atoms with van der Waals surface area (Å²) < 4.78 is 5.38. The number of nitrogens with zero attached hydrogens (tertiary/aromatic N) is 1. The molecule has 0 bridgehead atoms. The van der Waals surface area contributed by atoms with Crippen LogP contribution in [-0.4, -0.2) is 31.6 Å². The van der Waals surface area contributed by atoms with Crippen molar-refractivity contribution in [3.05, 3.63) is 29.3 Å². The largest absolute Gasteiger partial charge is 0.496 e. The van der Waals surface area contributed by atoms with Crippen LogP contribution in [0.25, 0.3) is 0 Å². The quantitative estimate of drug-likeness (QED) is 0.570. The summed E-state index contributed by atoms with van der Waals surface area (Å²) in [5.74, 6) is 1.46. The van der Waals surface area contributed by atoms with Gasteiger partial charge in [-0.25, -0.2) is 0 Å². The van der Waals surface area contributed by atoms with Crippen molar-refractivity contribution in [3.63, 3.8) is 0 Å². The zero-order valence-electron chi connectivity index (χ0n) is 11.2. The van der Waals surface area contributed by atoms with Gasteiger partial charge in [0.25, 0.3) is 0 Å². The minimum absolute atomic E-state index is 0.482. The molecule has 17 heavy (non-hydrogen) atoms. The van der Waals surface area contributed by atoms with Crippen molar-refractivity contribution in [2.75, 3.05) is 26.7 Å². The van der Waals surface area contributed by atoms with Crippen molar-refractivity contribution in [3.8, 4) is 5.75 Å². The van der Waals surface area contributed by atoms with Crippen LogP contribution in [0.2, 0.25) is 0 Å². The van der Waals surface area contributed by atoms with Gasteiger partial charge in [-0.3, -0.25) is 4.90 Å². The molecule has 3 heteroatoms. The zero-order chi connectivity index (χ0) is 12.8. The maximum atomic E-state index is 5.75. The average molecular weight is 256 g/mol. The van der Waals surface area contributed by atoms with Gasteiger partial charge in [0.1, 0.15) is 5.75 Å². The molecule has 0 aliphatic heterocycles. The van der Waals surface area contributed by atoms with Crippen LogP contribution in [0.3, 0.4) is 0 Å². The van der Waals surface area contributed by atoms with Crippen LogP contribution < -0.4 is 4.74 Å². The summed E-state index contributed by atoms with van der Waals surface area (Å²) >= 11 is 5.75. The van der Waals surface area contributed by atoms with Gasteiger partial charge >= 0.3 is 0 Å². The molecule has 0 amide bonds. The molecule has 1 aromatic rings. The van der Waals surface area contributed by atoms with Gasteiger partial charge in [-0.2, -0.15) is 0 Å². The van der Waals surface area contributed by atoms with Crippen molar-refractivity contribution in [2.24, 2.45) is 0 Å². The minimum Gasteiger partial charge on any atom is -0.496 e.